The van der Waals surface area contributed by atoms with Crippen LogP contribution in [0.3, 0.4) is 0 Å². The monoisotopic (exact) mass is 333 g/mol. The van der Waals surface area contributed by atoms with E-state index in [0.717, 1.165) is 42.4 Å². The number of rotatable bonds is 4. The van der Waals surface area contributed by atoms with Gasteiger partial charge in [-0.25, -0.2) is 4.98 Å². The SMILES string of the molecule is CC(C)C1CC=C2C[C@@H](Oc3cscn3)CC[C@]2(C)C1C(C)C. The first-order chi connectivity index (χ1) is 10.9. The Hall–Kier alpha value is -0.830. The molecule has 1 aromatic heterocycles. The predicted molar refractivity (Wildman–Crippen MR) is 97.8 cm³/mol. The molecular formula is C20H31NOS. The topological polar surface area (TPSA) is 22.1 Å². The summed E-state index contributed by atoms with van der Waals surface area (Å²) in [6.45, 7) is 12.2. The summed E-state index contributed by atoms with van der Waals surface area (Å²) in [5.41, 5.74) is 3.87. The molecule has 4 atom stereocenters. The molecule has 0 amide bonds. The second-order valence-corrected chi connectivity index (χ2v) is 9.09. The largest absolute Gasteiger partial charge is 0.473 e. The normalized spacial score (nSPS) is 34.4. The van der Waals surface area contributed by atoms with Crippen molar-refractivity contribution in [1.29, 1.82) is 0 Å². The average molecular weight is 334 g/mol. The van der Waals surface area contributed by atoms with Crippen molar-refractivity contribution in [3.05, 3.63) is 22.5 Å². The van der Waals surface area contributed by atoms with Crippen molar-refractivity contribution in [3.63, 3.8) is 0 Å². The Morgan fingerprint density at radius 1 is 1.26 bits per heavy atom. The molecular weight excluding hydrogens is 302 g/mol. The highest BCUT2D eigenvalue weighted by Crippen LogP contribution is 2.56. The third kappa shape index (κ3) is 3.22. The van der Waals surface area contributed by atoms with Crippen LogP contribution in [-0.4, -0.2) is 11.1 Å². The lowest BCUT2D eigenvalue weighted by atomic mass is 9.52. The number of nitrogens with zero attached hydrogens (tertiary/aromatic N) is 1. The van der Waals surface area contributed by atoms with Crippen LogP contribution in [0, 0.1) is 29.1 Å². The van der Waals surface area contributed by atoms with Gasteiger partial charge in [0.2, 0.25) is 5.88 Å². The van der Waals surface area contributed by atoms with E-state index in [-0.39, 0.29) is 0 Å². The van der Waals surface area contributed by atoms with Gasteiger partial charge in [0.05, 0.1) is 10.9 Å². The molecule has 1 saturated carbocycles. The molecule has 2 nitrogen and oxygen atoms in total. The summed E-state index contributed by atoms with van der Waals surface area (Å²) in [7, 11) is 0. The van der Waals surface area contributed by atoms with E-state index in [2.05, 4.69) is 45.7 Å². The number of allylic oxidation sites excluding steroid dienone is 1. The summed E-state index contributed by atoms with van der Waals surface area (Å²) in [6.07, 6.45) is 7.59. The number of fused-ring (bicyclic) bond motifs is 1. The van der Waals surface area contributed by atoms with Crippen molar-refractivity contribution in [3.8, 4) is 5.88 Å². The van der Waals surface area contributed by atoms with E-state index in [1.807, 2.05) is 10.9 Å². The zero-order chi connectivity index (χ0) is 16.6. The van der Waals surface area contributed by atoms with E-state index < -0.39 is 0 Å². The van der Waals surface area contributed by atoms with E-state index in [1.54, 1.807) is 16.9 Å². The van der Waals surface area contributed by atoms with Gasteiger partial charge in [-0.2, -0.15) is 0 Å². The first-order valence-corrected chi connectivity index (χ1v) is 10.1. The molecule has 3 rings (SSSR count). The second kappa shape index (κ2) is 6.58. The molecule has 0 bridgehead atoms. The van der Waals surface area contributed by atoms with Crippen molar-refractivity contribution in [2.45, 2.75) is 66.4 Å². The summed E-state index contributed by atoms with van der Waals surface area (Å²) in [6, 6.07) is 0. The van der Waals surface area contributed by atoms with E-state index in [0.29, 0.717) is 11.5 Å². The van der Waals surface area contributed by atoms with Crippen LogP contribution in [0.5, 0.6) is 5.88 Å². The summed E-state index contributed by atoms with van der Waals surface area (Å²) in [5.74, 6) is 3.93. The van der Waals surface area contributed by atoms with Gasteiger partial charge in [-0.15, -0.1) is 11.3 Å². The molecule has 128 valence electrons. The lowest BCUT2D eigenvalue weighted by Crippen LogP contribution is -2.46. The second-order valence-electron chi connectivity index (χ2n) is 8.37. The number of hydrogen-bond donors (Lipinski definition) is 0. The maximum absolute atomic E-state index is 6.12. The zero-order valence-corrected chi connectivity index (χ0v) is 16.0. The van der Waals surface area contributed by atoms with E-state index >= 15 is 0 Å². The Morgan fingerprint density at radius 2 is 2.04 bits per heavy atom. The Balaban J connectivity index is 1.80. The third-order valence-corrected chi connectivity index (χ3v) is 6.84. The quantitative estimate of drug-likeness (QED) is 0.635. The molecule has 2 aliphatic rings. The number of thiazole rings is 1. The van der Waals surface area contributed by atoms with Crippen molar-refractivity contribution in [1.82, 2.24) is 4.98 Å². The summed E-state index contributed by atoms with van der Waals surface area (Å²) >= 11 is 1.61. The summed E-state index contributed by atoms with van der Waals surface area (Å²) in [4.78, 5) is 4.29. The minimum absolute atomic E-state index is 0.305. The van der Waals surface area contributed by atoms with Gasteiger partial charge in [0.15, 0.2) is 0 Å². The van der Waals surface area contributed by atoms with Gasteiger partial charge in [0.1, 0.15) is 6.10 Å². The van der Waals surface area contributed by atoms with Crippen LogP contribution in [-0.2, 0) is 0 Å². The van der Waals surface area contributed by atoms with Crippen molar-refractivity contribution in [2.75, 3.05) is 0 Å². The van der Waals surface area contributed by atoms with E-state index in [9.17, 15) is 0 Å². The fraction of sp³-hybridized carbons (Fsp3) is 0.750. The average Bonchev–Trinajstić information content (AvgIpc) is 2.98. The summed E-state index contributed by atoms with van der Waals surface area (Å²) < 4.78 is 6.12. The lowest BCUT2D eigenvalue weighted by Gasteiger charge is -2.53. The van der Waals surface area contributed by atoms with Gasteiger partial charge in [0.25, 0.3) is 0 Å². The molecule has 0 aromatic carbocycles. The standard InChI is InChI=1S/C20H31NOS/c1-13(2)17-7-6-15-10-16(22-18-11-23-12-21-18)8-9-20(15,5)19(17)14(3)4/h6,11-14,16-17,19H,7-10H2,1-5H3/t16-,17?,19?,20-/m0/s1. The van der Waals surface area contributed by atoms with Crippen LogP contribution in [0.4, 0.5) is 0 Å². The van der Waals surface area contributed by atoms with Gasteiger partial charge in [0, 0.05) is 6.42 Å². The minimum atomic E-state index is 0.305. The Kier molecular flexibility index (Phi) is 4.87. The molecule has 2 unspecified atom stereocenters. The Labute approximate surface area is 145 Å². The zero-order valence-electron chi connectivity index (χ0n) is 15.2. The van der Waals surface area contributed by atoms with Crippen LogP contribution in [0.1, 0.15) is 60.3 Å². The highest BCUT2D eigenvalue weighted by molar-refractivity contribution is 7.07. The van der Waals surface area contributed by atoms with Crippen molar-refractivity contribution in [2.24, 2.45) is 29.1 Å². The Bertz CT molecular complexity index is 548. The third-order valence-electron chi connectivity index (χ3n) is 6.27. The van der Waals surface area contributed by atoms with Crippen LogP contribution in [0.25, 0.3) is 0 Å². The van der Waals surface area contributed by atoms with Crippen LogP contribution < -0.4 is 4.74 Å². The molecule has 1 aromatic rings. The fourth-order valence-corrected chi connectivity index (χ4v) is 5.70. The molecule has 0 saturated heterocycles. The molecule has 1 heterocycles. The highest BCUT2D eigenvalue weighted by Gasteiger charge is 2.48. The first kappa shape index (κ1) is 17.0. The molecule has 0 radical (unpaired) electrons. The first-order valence-electron chi connectivity index (χ1n) is 9.16. The molecule has 1 fully saturated rings. The summed E-state index contributed by atoms with van der Waals surface area (Å²) in [5, 5.41) is 2.01. The van der Waals surface area contributed by atoms with Crippen LogP contribution in [0.15, 0.2) is 22.5 Å². The molecule has 0 aliphatic heterocycles. The highest BCUT2D eigenvalue weighted by atomic mass is 32.1. The van der Waals surface area contributed by atoms with Crippen molar-refractivity contribution < 1.29 is 4.74 Å². The molecule has 0 spiro atoms. The predicted octanol–water partition coefficient (Wildman–Crippen LogP) is 5.96. The minimum Gasteiger partial charge on any atom is -0.473 e. The Morgan fingerprint density at radius 3 is 2.65 bits per heavy atom. The van der Waals surface area contributed by atoms with Crippen LogP contribution in [0.2, 0.25) is 0 Å². The van der Waals surface area contributed by atoms with Gasteiger partial charge >= 0.3 is 0 Å². The molecule has 3 heteroatoms. The number of ether oxygens (including phenoxy) is 1. The fourth-order valence-electron chi connectivity index (χ4n) is 5.24. The van der Waals surface area contributed by atoms with Crippen molar-refractivity contribution >= 4 is 11.3 Å². The number of hydrogen-bond acceptors (Lipinski definition) is 3. The molecule has 0 N–H and O–H groups in total. The van der Waals surface area contributed by atoms with E-state index in [1.165, 1.54) is 12.8 Å². The smallest absolute Gasteiger partial charge is 0.224 e. The van der Waals surface area contributed by atoms with Gasteiger partial charge in [-0.1, -0.05) is 46.3 Å². The van der Waals surface area contributed by atoms with Gasteiger partial charge < -0.3 is 4.74 Å². The maximum Gasteiger partial charge on any atom is 0.224 e. The molecule has 2 aliphatic carbocycles. The lowest BCUT2D eigenvalue weighted by molar-refractivity contribution is 0.0194. The maximum atomic E-state index is 6.12. The van der Waals surface area contributed by atoms with Crippen LogP contribution >= 0.6 is 11.3 Å². The number of aromatic nitrogens is 1. The van der Waals surface area contributed by atoms with Gasteiger partial charge in [-0.3, -0.25) is 0 Å². The molecule has 23 heavy (non-hydrogen) atoms. The van der Waals surface area contributed by atoms with E-state index in [4.69, 9.17) is 4.74 Å². The van der Waals surface area contributed by atoms with Gasteiger partial charge in [-0.05, 0) is 48.3 Å².